The molecule has 33 heavy (non-hydrogen) atoms. The van der Waals surface area contributed by atoms with Crippen LogP contribution in [0.5, 0.6) is 0 Å². The highest BCUT2D eigenvalue weighted by Crippen LogP contribution is 2.61. The fourth-order valence-corrected chi connectivity index (χ4v) is 5.58. The van der Waals surface area contributed by atoms with Crippen molar-refractivity contribution < 1.29 is 54.9 Å². The number of halogens is 6. The summed E-state index contributed by atoms with van der Waals surface area (Å²) in [6.45, 7) is 6.95. The van der Waals surface area contributed by atoms with Crippen molar-refractivity contribution in [3.63, 3.8) is 0 Å². The lowest BCUT2D eigenvalue weighted by atomic mass is 9.72. The van der Waals surface area contributed by atoms with Crippen LogP contribution in [0.1, 0.15) is 47.0 Å². The second kappa shape index (κ2) is 8.04. The lowest BCUT2D eigenvalue weighted by molar-refractivity contribution is -0.315. The van der Waals surface area contributed by atoms with E-state index in [0.29, 0.717) is 6.42 Å². The van der Waals surface area contributed by atoms with Crippen LogP contribution in [0.15, 0.2) is 0 Å². The minimum Gasteiger partial charge on any atom is -0.461 e. The SMILES string of the molecule is CC(CC(C)(C)C)C(=O)OC12COC(=O)C3C(CC1C3C(=O)OC(C(F)(F)F)C(F)(F)F)C2. The zero-order chi connectivity index (χ0) is 25.1. The van der Waals surface area contributed by atoms with Gasteiger partial charge in [0.25, 0.3) is 6.10 Å². The van der Waals surface area contributed by atoms with Crippen LogP contribution in [0.3, 0.4) is 0 Å². The van der Waals surface area contributed by atoms with E-state index in [1.165, 1.54) is 0 Å². The third-order valence-electron chi connectivity index (χ3n) is 6.62. The van der Waals surface area contributed by atoms with Gasteiger partial charge in [-0.05, 0) is 30.6 Å². The zero-order valence-corrected chi connectivity index (χ0v) is 18.5. The van der Waals surface area contributed by atoms with E-state index in [1.54, 1.807) is 6.92 Å². The van der Waals surface area contributed by atoms with Crippen LogP contribution in [-0.4, -0.2) is 48.6 Å². The molecule has 2 aliphatic carbocycles. The monoisotopic (exact) mass is 488 g/mol. The average Bonchev–Trinajstić information content (AvgIpc) is 3.09. The number of alkyl halides is 6. The number of rotatable bonds is 5. The molecule has 6 atom stereocenters. The van der Waals surface area contributed by atoms with Crippen molar-refractivity contribution in [3.8, 4) is 0 Å². The van der Waals surface area contributed by atoms with Gasteiger partial charge >= 0.3 is 30.3 Å². The molecule has 188 valence electrons. The molecular formula is C21H26F6O6. The summed E-state index contributed by atoms with van der Waals surface area (Å²) in [5.74, 6) is -8.36. The van der Waals surface area contributed by atoms with Crippen molar-refractivity contribution in [2.75, 3.05) is 6.61 Å². The third-order valence-corrected chi connectivity index (χ3v) is 6.62. The van der Waals surface area contributed by atoms with Gasteiger partial charge in [0.05, 0.1) is 17.8 Å². The Bertz CT molecular complexity index is 802. The number of carbonyl (C=O) groups excluding carboxylic acids is 3. The van der Waals surface area contributed by atoms with Crippen LogP contribution in [0, 0.1) is 35.0 Å². The Kier molecular flexibility index (Phi) is 6.24. The topological polar surface area (TPSA) is 78.9 Å². The molecule has 2 heterocycles. The molecule has 0 aromatic rings. The second-order valence-electron chi connectivity index (χ2n) is 10.5. The number of esters is 3. The first-order valence-corrected chi connectivity index (χ1v) is 10.6. The van der Waals surface area contributed by atoms with Crippen LogP contribution < -0.4 is 0 Å². The van der Waals surface area contributed by atoms with Crippen molar-refractivity contribution in [1.29, 1.82) is 0 Å². The Hall–Kier alpha value is -2.01. The molecule has 0 radical (unpaired) electrons. The molecule has 0 aromatic heterocycles. The molecule has 4 rings (SSSR count). The van der Waals surface area contributed by atoms with E-state index in [2.05, 4.69) is 4.74 Å². The minimum absolute atomic E-state index is 0.128. The highest BCUT2D eigenvalue weighted by atomic mass is 19.4. The summed E-state index contributed by atoms with van der Waals surface area (Å²) in [6, 6.07) is 0. The summed E-state index contributed by atoms with van der Waals surface area (Å²) < 4.78 is 92.2. The van der Waals surface area contributed by atoms with Gasteiger partial charge in [-0.1, -0.05) is 27.7 Å². The fraction of sp³-hybridized carbons (Fsp3) is 0.857. The summed E-state index contributed by atoms with van der Waals surface area (Å²) in [7, 11) is 0. The standard InChI is InChI=1S/C21H26F6O6/c1-9(6-18(2,3)4)14(28)33-19-7-10-5-11(19)13(12(10)15(29)31-8-19)16(30)32-17(20(22,23)24)21(25,26)27/h9-13,17H,5-8H2,1-4H3. The molecule has 2 saturated carbocycles. The molecule has 6 unspecified atom stereocenters. The van der Waals surface area contributed by atoms with Crippen LogP contribution in [0.25, 0.3) is 0 Å². The molecule has 6 nitrogen and oxygen atoms in total. The summed E-state index contributed by atoms with van der Waals surface area (Å²) in [6.07, 6.45) is -15.4. The Morgan fingerprint density at radius 1 is 1.12 bits per heavy atom. The van der Waals surface area contributed by atoms with Gasteiger partial charge in [-0.2, -0.15) is 26.3 Å². The van der Waals surface area contributed by atoms with Crippen LogP contribution in [0.4, 0.5) is 26.3 Å². The van der Waals surface area contributed by atoms with Gasteiger partial charge in [-0.3, -0.25) is 14.4 Å². The summed E-state index contributed by atoms with van der Waals surface area (Å²) in [5.41, 5.74) is -1.71. The average molecular weight is 488 g/mol. The molecule has 4 bridgehead atoms. The lowest BCUT2D eigenvalue weighted by Gasteiger charge is -2.39. The lowest BCUT2D eigenvalue weighted by Crippen LogP contribution is -2.52. The number of fused-ring (bicyclic) bond motifs is 2. The zero-order valence-electron chi connectivity index (χ0n) is 18.5. The molecule has 2 aliphatic heterocycles. The third kappa shape index (κ3) is 4.94. The molecular weight excluding hydrogens is 462 g/mol. The maximum absolute atomic E-state index is 12.9. The first kappa shape index (κ1) is 25.6. The molecule has 0 N–H and O–H groups in total. The quantitative estimate of drug-likeness (QED) is 0.328. The largest absolute Gasteiger partial charge is 0.461 e. The van der Waals surface area contributed by atoms with Gasteiger partial charge < -0.3 is 14.2 Å². The van der Waals surface area contributed by atoms with Gasteiger partial charge in [-0.25, -0.2) is 0 Å². The van der Waals surface area contributed by atoms with E-state index in [9.17, 15) is 40.7 Å². The summed E-state index contributed by atoms with van der Waals surface area (Å²) >= 11 is 0. The molecule has 4 fully saturated rings. The fourth-order valence-electron chi connectivity index (χ4n) is 5.58. The Morgan fingerprint density at radius 3 is 2.21 bits per heavy atom. The summed E-state index contributed by atoms with van der Waals surface area (Å²) in [4.78, 5) is 37.8. The van der Waals surface area contributed by atoms with Crippen LogP contribution in [-0.2, 0) is 28.6 Å². The number of ether oxygens (including phenoxy) is 3. The maximum Gasteiger partial charge on any atom is 0.434 e. The van der Waals surface area contributed by atoms with Gasteiger partial charge in [0.15, 0.2) is 0 Å². The predicted octanol–water partition coefficient (Wildman–Crippen LogP) is 4.21. The molecule has 0 amide bonds. The number of hydrogen-bond donors (Lipinski definition) is 0. The molecule has 0 spiro atoms. The van der Waals surface area contributed by atoms with Crippen molar-refractivity contribution in [1.82, 2.24) is 0 Å². The van der Waals surface area contributed by atoms with Gasteiger partial charge in [-0.15, -0.1) is 0 Å². The van der Waals surface area contributed by atoms with E-state index in [4.69, 9.17) is 9.47 Å². The van der Waals surface area contributed by atoms with Gasteiger partial charge in [0.2, 0.25) is 0 Å². The normalized spacial score (nSPS) is 32.5. The van der Waals surface area contributed by atoms with E-state index >= 15 is 0 Å². The van der Waals surface area contributed by atoms with Crippen molar-refractivity contribution >= 4 is 17.9 Å². The Balaban J connectivity index is 1.86. The Labute approximate surface area is 186 Å². The molecule has 4 aliphatic rings. The predicted molar refractivity (Wildman–Crippen MR) is 98.2 cm³/mol. The number of hydrogen-bond acceptors (Lipinski definition) is 6. The van der Waals surface area contributed by atoms with Crippen molar-refractivity contribution in [2.45, 2.75) is 71.0 Å². The summed E-state index contributed by atoms with van der Waals surface area (Å²) in [5, 5.41) is 0. The Morgan fingerprint density at radius 2 is 1.70 bits per heavy atom. The van der Waals surface area contributed by atoms with E-state index in [0.717, 1.165) is 0 Å². The molecule has 12 heteroatoms. The second-order valence-corrected chi connectivity index (χ2v) is 10.5. The minimum atomic E-state index is -5.88. The molecule has 2 saturated heterocycles. The van der Waals surface area contributed by atoms with Crippen molar-refractivity contribution in [3.05, 3.63) is 0 Å². The van der Waals surface area contributed by atoms with Crippen LogP contribution in [0.2, 0.25) is 0 Å². The van der Waals surface area contributed by atoms with E-state index < -0.39 is 78.2 Å². The van der Waals surface area contributed by atoms with Gasteiger partial charge in [0, 0.05) is 5.92 Å². The first-order chi connectivity index (χ1) is 14.9. The van der Waals surface area contributed by atoms with E-state index in [1.807, 2.05) is 20.8 Å². The highest BCUT2D eigenvalue weighted by molar-refractivity contribution is 5.85. The van der Waals surface area contributed by atoms with Crippen molar-refractivity contribution in [2.24, 2.45) is 35.0 Å². The van der Waals surface area contributed by atoms with Gasteiger partial charge in [0.1, 0.15) is 12.2 Å². The molecule has 0 aromatic carbocycles. The highest BCUT2D eigenvalue weighted by Gasteiger charge is 2.70. The van der Waals surface area contributed by atoms with Crippen LogP contribution >= 0.6 is 0 Å². The van der Waals surface area contributed by atoms with E-state index in [-0.39, 0.29) is 18.3 Å². The smallest absolute Gasteiger partial charge is 0.434 e. The number of carbonyl (C=O) groups is 3. The first-order valence-electron chi connectivity index (χ1n) is 10.6. The maximum atomic E-state index is 12.9.